The molecule has 2 heterocycles. The number of halogens is 1. The summed E-state index contributed by atoms with van der Waals surface area (Å²) in [4.78, 5) is 7.35. The van der Waals surface area contributed by atoms with Gasteiger partial charge >= 0.3 is 0 Å². The van der Waals surface area contributed by atoms with Crippen LogP contribution in [0.2, 0.25) is 0 Å². The highest BCUT2D eigenvalue weighted by Gasteiger charge is 2.16. The van der Waals surface area contributed by atoms with Crippen LogP contribution in [0.25, 0.3) is 0 Å². The Morgan fingerprint density at radius 2 is 2.25 bits per heavy atom. The van der Waals surface area contributed by atoms with Crippen LogP contribution in [0.15, 0.2) is 29.0 Å². The number of imidazole rings is 1. The molecule has 106 valence electrons. The zero-order valence-electron chi connectivity index (χ0n) is 11.1. The summed E-state index contributed by atoms with van der Waals surface area (Å²) in [6.45, 7) is 4.00. The van der Waals surface area contributed by atoms with Crippen LogP contribution < -0.4 is 14.8 Å². The minimum atomic E-state index is 0.164. The average Bonchev–Trinajstić information content (AvgIpc) is 2.99. The van der Waals surface area contributed by atoms with Gasteiger partial charge in [0.2, 0.25) is 0 Å². The van der Waals surface area contributed by atoms with E-state index in [0.29, 0.717) is 13.2 Å². The summed E-state index contributed by atoms with van der Waals surface area (Å²) < 4.78 is 12.1. The predicted molar refractivity (Wildman–Crippen MR) is 79.0 cm³/mol. The maximum atomic E-state index is 5.62. The summed E-state index contributed by atoms with van der Waals surface area (Å²) in [6, 6.07) is 4.23. The van der Waals surface area contributed by atoms with Crippen molar-refractivity contribution in [3.8, 4) is 11.5 Å². The molecular weight excluding hydrogens is 322 g/mol. The van der Waals surface area contributed by atoms with Gasteiger partial charge < -0.3 is 19.8 Å². The van der Waals surface area contributed by atoms with E-state index in [4.69, 9.17) is 9.47 Å². The Morgan fingerprint density at radius 1 is 1.40 bits per heavy atom. The Kier molecular flexibility index (Phi) is 3.93. The van der Waals surface area contributed by atoms with Crippen molar-refractivity contribution in [3.05, 3.63) is 40.4 Å². The summed E-state index contributed by atoms with van der Waals surface area (Å²) in [7, 11) is 0. The molecule has 0 bridgehead atoms. The molecular formula is C14H16BrN3O2. The normalized spacial score (nSPS) is 15.1. The summed E-state index contributed by atoms with van der Waals surface area (Å²) >= 11 is 3.53. The number of hydrogen-bond donors (Lipinski definition) is 2. The molecule has 20 heavy (non-hydrogen) atoms. The lowest BCUT2D eigenvalue weighted by Gasteiger charge is -2.21. The smallest absolute Gasteiger partial charge is 0.175 e. The first kappa shape index (κ1) is 13.5. The molecule has 0 amide bonds. The molecule has 2 aromatic rings. The highest BCUT2D eigenvalue weighted by atomic mass is 79.9. The third kappa shape index (κ3) is 2.81. The molecule has 1 unspecified atom stereocenters. The first-order valence-electron chi connectivity index (χ1n) is 6.54. The Bertz CT molecular complexity index is 586. The van der Waals surface area contributed by atoms with E-state index in [-0.39, 0.29) is 6.04 Å². The minimum Gasteiger partial charge on any atom is -0.486 e. The fourth-order valence-electron chi connectivity index (χ4n) is 2.15. The first-order chi connectivity index (χ1) is 9.74. The number of aromatic amines is 1. The number of fused-ring (bicyclic) bond motifs is 1. The minimum absolute atomic E-state index is 0.164. The van der Waals surface area contributed by atoms with Crippen LogP contribution in [0.4, 0.5) is 0 Å². The summed E-state index contributed by atoms with van der Waals surface area (Å²) in [5.41, 5.74) is 1.14. The number of nitrogens with one attached hydrogen (secondary N) is 2. The molecule has 6 heteroatoms. The van der Waals surface area contributed by atoms with Gasteiger partial charge in [-0.3, -0.25) is 0 Å². The lowest BCUT2D eigenvalue weighted by atomic mass is 10.2. The van der Waals surface area contributed by atoms with Gasteiger partial charge in [-0.25, -0.2) is 4.98 Å². The molecule has 1 aromatic carbocycles. The molecule has 0 saturated carbocycles. The Morgan fingerprint density at radius 3 is 3.05 bits per heavy atom. The zero-order chi connectivity index (χ0) is 13.9. The molecule has 1 atom stereocenters. The maximum Gasteiger partial charge on any atom is 0.175 e. The quantitative estimate of drug-likeness (QED) is 0.900. The predicted octanol–water partition coefficient (Wildman–Crippen LogP) is 2.79. The Balaban J connectivity index is 1.70. The van der Waals surface area contributed by atoms with Crippen molar-refractivity contribution in [3.63, 3.8) is 0 Å². The first-order valence-corrected chi connectivity index (χ1v) is 7.34. The van der Waals surface area contributed by atoms with Gasteiger partial charge in [0.15, 0.2) is 11.5 Å². The van der Waals surface area contributed by atoms with Crippen LogP contribution in [0.5, 0.6) is 11.5 Å². The van der Waals surface area contributed by atoms with Gasteiger partial charge in [0.25, 0.3) is 0 Å². The van der Waals surface area contributed by atoms with E-state index in [1.54, 1.807) is 6.20 Å². The number of aromatic nitrogens is 2. The summed E-state index contributed by atoms with van der Waals surface area (Å²) in [5, 5.41) is 3.42. The van der Waals surface area contributed by atoms with E-state index in [2.05, 4.69) is 44.2 Å². The van der Waals surface area contributed by atoms with Gasteiger partial charge in [-0.2, -0.15) is 0 Å². The molecule has 5 nitrogen and oxygen atoms in total. The van der Waals surface area contributed by atoms with Crippen LogP contribution in [-0.4, -0.2) is 23.2 Å². The third-order valence-electron chi connectivity index (χ3n) is 3.20. The topological polar surface area (TPSA) is 59.2 Å². The molecule has 3 rings (SSSR count). The van der Waals surface area contributed by atoms with E-state index in [1.165, 1.54) is 0 Å². The second-order valence-electron chi connectivity index (χ2n) is 4.68. The molecule has 0 fully saturated rings. The van der Waals surface area contributed by atoms with Crippen molar-refractivity contribution in [2.45, 2.75) is 19.5 Å². The second-order valence-corrected chi connectivity index (χ2v) is 5.53. The summed E-state index contributed by atoms with van der Waals surface area (Å²) in [5.74, 6) is 2.52. The van der Waals surface area contributed by atoms with Crippen molar-refractivity contribution < 1.29 is 9.47 Å². The fraction of sp³-hybridized carbons (Fsp3) is 0.357. The van der Waals surface area contributed by atoms with Crippen LogP contribution >= 0.6 is 15.9 Å². The number of benzene rings is 1. The maximum absolute atomic E-state index is 5.62. The average molecular weight is 338 g/mol. The lowest BCUT2D eigenvalue weighted by molar-refractivity contribution is 0.170. The van der Waals surface area contributed by atoms with E-state index in [9.17, 15) is 0 Å². The summed E-state index contributed by atoms with van der Waals surface area (Å²) in [6.07, 6.45) is 3.59. The number of rotatable bonds is 4. The SMILES string of the molecule is CC(NCc1cc(Br)c2c(c1)OCCO2)c1ncc[nH]1. The van der Waals surface area contributed by atoms with Crippen LogP contribution in [-0.2, 0) is 6.54 Å². The second kappa shape index (κ2) is 5.85. The van der Waals surface area contributed by atoms with Gasteiger partial charge in [-0.05, 0) is 40.5 Å². The lowest BCUT2D eigenvalue weighted by Crippen LogP contribution is -2.20. The van der Waals surface area contributed by atoms with Crippen LogP contribution in [0.1, 0.15) is 24.4 Å². The third-order valence-corrected chi connectivity index (χ3v) is 3.79. The molecule has 0 aliphatic carbocycles. The number of ether oxygens (including phenoxy) is 2. The molecule has 1 aliphatic heterocycles. The molecule has 1 aliphatic rings. The molecule has 1 aromatic heterocycles. The highest BCUT2D eigenvalue weighted by molar-refractivity contribution is 9.10. The highest BCUT2D eigenvalue weighted by Crippen LogP contribution is 2.38. The van der Waals surface area contributed by atoms with E-state index >= 15 is 0 Å². The van der Waals surface area contributed by atoms with Crippen molar-refractivity contribution in [1.29, 1.82) is 0 Å². The number of nitrogens with zero attached hydrogens (tertiary/aromatic N) is 1. The van der Waals surface area contributed by atoms with Crippen LogP contribution in [0.3, 0.4) is 0 Å². The van der Waals surface area contributed by atoms with Crippen LogP contribution in [0, 0.1) is 0 Å². The van der Waals surface area contributed by atoms with Gasteiger partial charge in [0.05, 0.1) is 10.5 Å². The molecule has 0 saturated heterocycles. The standard InChI is InChI=1S/C14H16BrN3O2/c1-9(14-16-2-3-17-14)18-8-10-6-11(15)13-12(7-10)19-4-5-20-13/h2-3,6-7,9,18H,4-5,8H2,1H3,(H,16,17). The molecule has 0 spiro atoms. The number of H-pyrrole nitrogens is 1. The fourth-order valence-corrected chi connectivity index (χ4v) is 2.75. The van der Waals surface area contributed by atoms with Gasteiger partial charge in [-0.15, -0.1) is 0 Å². The largest absolute Gasteiger partial charge is 0.486 e. The van der Waals surface area contributed by atoms with Gasteiger partial charge in [0.1, 0.15) is 19.0 Å². The molecule has 2 N–H and O–H groups in total. The number of hydrogen-bond acceptors (Lipinski definition) is 4. The van der Waals surface area contributed by atoms with E-state index in [0.717, 1.165) is 33.9 Å². The Hall–Kier alpha value is -1.53. The van der Waals surface area contributed by atoms with E-state index < -0.39 is 0 Å². The monoisotopic (exact) mass is 337 g/mol. The van der Waals surface area contributed by atoms with Crippen molar-refractivity contribution in [2.24, 2.45) is 0 Å². The van der Waals surface area contributed by atoms with E-state index in [1.807, 2.05) is 12.3 Å². The van der Waals surface area contributed by atoms with Crippen molar-refractivity contribution in [1.82, 2.24) is 15.3 Å². The van der Waals surface area contributed by atoms with Crippen molar-refractivity contribution in [2.75, 3.05) is 13.2 Å². The van der Waals surface area contributed by atoms with Crippen molar-refractivity contribution >= 4 is 15.9 Å². The zero-order valence-corrected chi connectivity index (χ0v) is 12.7. The van der Waals surface area contributed by atoms with Gasteiger partial charge in [-0.1, -0.05) is 0 Å². The molecule has 0 radical (unpaired) electrons. The Labute approximate surface area is 125 Å². The van der Waals surface area contributed by atoms with Gasteiger partial charge in [0, 0.05) is 18.9 Å².